The first-order chi connectivity index (χ1) is 7.07. The Balaban J connectivity index is 3.05. The molecular weight excluding hydrogens is 188 g/mol. The summed E-state index contributed by atoms with van der Waals surface area (Å²) in [6.07, 6.45) is 0. The van der Waals surface area contributed by atoms with E-state index in [-0.39, 0.29) is 11.7 Å². The summed E-state index contributed by atoms with van der Waals surface area (Å²) in [6.45, 7) is 7.51. The van der Waals surface area contributed by atoms with Gasteiger partial charge in [-0.3, -0.25) is 4.79 Å². The van der Waals surface area contributed by atoms with Gasteiger partial charge in [0.2, 0.25) is 0 Å². The molecule has 0 saturated carbocycles. The average Bonchev–Trinajstić information content (AvgIpc) is 2.26. The SMILES string of the molecule is C=C(C)C(C)C(=O)c1ccccc1OC. The summed E-state index contributed by atoms with van der Waals surface area (Å²) in [5.41, 5.74) is 1.49. The van der Waals surface area contributed by atoms with E-state index in [1.165, 1.54) is 0 Å². The molecule has 0 spiro atoms. The molecule has 80 valence electrons. The second-order valence-corrected chi connectivity index (χ2v) is 3.63. The minimum atomic E-state index is -0.165. The van der Waals surface area contributed by atoms with E-state index in [4.69, 9.17) is 4.74 Å². The summed E-state index contributed by atoms with van der Waals surface area (Å²) < 4.78 is 5.15. The van der Waals surface area contributed by atoms with Gasteiger partial charge in [-0.25, -0.2) is 0 Å². The molecule has 0 aromatic heterocycles. The molecule has 2 heteroatoms. The Labute approximate surface area is 90.6 Å². The number of methoxy groups -OCH3 is 1. The van der Waals surface area contributed by atoms with E-state index < -0.39 is 0 Å². The van der Waals surface area contributed by atoms with Crippen molar-refractivity contribution in [2.24, 2.45) is 5.92 Å². The molecule has 0 bridgehead atoms. The number of allylic oxidation sites excluding steroid dienone is 1. The molecule has 0 aliphatic heterocycles. The zero-order chi connectivity index (χ0) is 11.4. The molecule has 1 aromatic rings. The van der Waals surface area contributed by atoms with Crippen LogP contribution in [-0.2, 0) is 0 Å². The fourth-order valence-electron chi connectivity index (χ4n) is 1.31. The number of ketones is 1. The first kappa shape index (κ1) is 11.5. The van der Waals surface area contributed by atoms with Crippen molar-refractivity contribution in [2.45, 2.75) is 13.8 Å². The lowest BCUT2D eigenvalue weighted by molar-refractivity contribution is 0.0945. The highest BCUT2D eigenvalue weighted by Gasteiger charge is 2.18. The van der Waals surface area contributed by atoms with E-state index in [1.54, 1.807) is 19.2 Å². The standard InChI is InChI=1S/C13H16O2/c1-9(2)10(3)13(14)11-7-5-6-8-12(11)15-4/h5-8,10H,1H2,2-4H3. The van der Waals surface area contributed by atoms with E-state index in [1.807, 2.05) is 26.0 Å². The highest BCUT2D eigenvalue weighted by molar-refractivity contribution is 6.01. The topological polar surface area (TPSA) is 26.3 Å². The summed E-state index contributed by atoms with van der Waals surface area (Å²) in [5.74, 6) is 0.511. The van der Waals surface area contributed by atoms with Gasteiger partial charge in [0.25, 0.3) is 0 Å². The second-order valence-electron chi connectivity index (χ2n) is 3.63. The first-order valence-corrected chi connectivity index (χ1v) is 4.90. The Hall–Kier alpha value is -1.57. The maximum atomic E-state index is 12.0. The van der Waals surface area contributed by atoms with Crippen LogP contribution in [0.2, 0.25) is 0 Å². The molecule has 1 aromatic carbocycles. The van der Waals surface area contributed by atoms with Crippen LogP contribution in [0.25, 0.3) is 0 Å². The summed E-state index contributed by atoms with van der Waals surface area (Å²) in [5, 5.41) is 0. The zero-order valence-corrected chi connectivity index (χ0v) is 9.41. The van der Waals surface area contributed by atoms with Crippen molar-refractivity contribution in [3.05, 3.63) is 42.0 Å². The van der Waals surface area contributed by atoms with Gasteiger partial charge >= 0.3 is 0 Å². The molecule has 0 radical (unpaired) electrons. The fourth-order valence-corrected chi connectivity index (χ4v) is 1.31. The molecule has 2 nitrogen and oxygen atoms in total. The number of carbonyl (C=O) groups is 1. The number of carbonyl (C=O) groups excluding carboxylic acids is 1. The number of hydrogen-bond acceptors (Lipinski definition) is 2. The predicted molar refractivity (Wildman–Crippen MR) is 61.3 cm³/mol. The normalized spacial score (nSPS) is 11.9. The number of benzene rings is 1. The van der Waals surface area contributed by atoms with Gasteiger partial charge in [0.05, 0.1) is 12.7 Å². The molecule has 15 heavy (non-hydrogen) atoms. The predicted octanol–water partition coefficient (Wildman–Crippen LogP) is 3.09. The van der Waals surface area contributed by atoms with E-state index in [0.717, 1.165) is 5.57 Å². The van der Waals surface area contributed by atoms with Crippen molar-refractivity contribution < 1.29 is 9.53 Å². The van der Waals surface area contributed by atoms with Crippen LogP contribution in [0.5, 0.6) is 5.75 Å². The zero-order valence-electron chi connectivity index (χ0n) is 9.41. The molecule has 0 heterocycles. The summed E-state index contributed by atoms with van der Waals surface area (Å²) in [6, 6.07) is 7.25. The van der Waals surface area contributed by atoms with Gasteiger partial charge in [-0.05, 0) is 19.1 Å². The largest absolute Gasteiger partial charge is 0.496 e. The number of Topliss-reactive ketones (excluding diaryl/α,β-unsaturated/α-hetero) is 1. The molecule has 0 aliphatic carbocycles. The van der Waals surface area contributed by atoms with Gasteiger partial charge in [-0.2, -0.15) is 0 Å². The summed E-state index contributed by atoms with van der Waals surface area (Å²) in [4.78, 5) is 12.0. The lowest BCUT2D eigenvalue weighted by Gasteiger charge is -2.12. The van der Waals surface area contributed by atoms with Crippen molar-refractivity contribution in [1.29, 1.82) is 0 Å². The molecule has 0 aliphatic rings. The lowest BCUT2D eigenvalue weighted by atomic mass is 9.93. The van der Waals surface area contributed by atoms with Crippen LogP contribution in [0.15, 0.2) is 36.4 Å². The number of ether oxygens (including phenoxy) is 1. The monoisotopic (exact) mass is 204 g/mol. The van der Waals surface area contributed by atoms with Crippen molar-refractivity contribution in [2.75, 3.05) is 7.11 Å². The molecule has 0 saturated heterocycles. The van der Waals surface area contributed by atoms with Crippen LogP contribution in [0.1, 0.15) is 24.2 Å². The van der Waals surface area contributed by atoms with Crippen LogP contribution >= 0.6 is 0 Å². The van der Waals surface area contributed by atoms with Crippen LogP contribution in [0.3, 0.4) is 0 Å². The maximum absolute atomic E-state index is 12.0. The molecule has 1 rings (SSSR count). The van der Waals surface area contributed by atoms with E-state index in [2.05, 4.69) is 6.58 Å². The minimum absolute atomic E-state index is 0.0555. The Bertz CT molecular complexity index is 380. The Morgan fingerprint density at radius 1 is 1.40 bits per heavy atom. The summed E-state index contributed by atoms with van der Waals surface area (Å²) in [7, 11) is 1.57. The average molecular weight is 204 g/mol. The third kappa shape index (κ3) is 2.46. The molecule has 1 atom stereocenters. The van der Waals surface area contributed by atoms with E-state index >= 15 is 0 Å². The Morgan fingerprint density at radius 3 is 2.53 bits per heavy atom. The lowest BCUT2D eigenvalue weighted by Crippen LogP contribution is -2.13. The number of rotatable bonds is 4. The van der Waals surface area contributed by atoms with Gasteiger partial charge in [-0.15, -0.1) is 0 Å². The fraction of sp³-hybridized carbons (Fsp3) is 0.308. The van der Waals surface area contributed by atoms with Gasteiger partial charge in [0.15, 0.2) is 5.78 Å². The third-order valence-corrected chi connectivity index (χ3v) is 2.50. The maximum Gasteiger partial charge on any atom is 0.173 e. The van der Waals surface area contributed by atoms with Crippen molar-refractivity contribution in [1.82, 2.24) is 0 Å². The van der Waals surface area contributed by atoms with Gasteiger partial charge in [-0.1, -0.05) is 31.2 Å². The van der Waals surface area contributed by atoms with Gasteiger partial charge < -0.3 is 4.74 Å². The quantitative estimate of drug-likeness (QED) is 0.556. The molecule has 0 N–H and O–H groups in total. The second kappa shape index (κ2) is 4.78. The molecule has 0 amide bonds. The Kier molecular flexibility index (Phi) is 3.67. The molecule has 1 unspecified atom stereocenters. The van der Waals surface area contributed by atoms with Crippen LogP contribution < -0.4 is 4.74 Å². The van der Waals surface area contributed by atoms with E-state index in [0.29, 0.717) is 11.3 Å². The number of hydrogen-bond donors (Lipinski definition) is 0. The van der Waals surface area contributed by atoms with Crippen LogP contribution in [0, 0.1) is 5.92 Å². The highest BCUT2D eigenvalue weighted by atomic mass is 16.5. The van der Waals surface area contributed by atoms with Gasteiger partial charge in [0, 0.05) is 5.92 Å². The van der Waals surface area contributed by atoms with Crippen LogP contribution in [0.4, 0.5) is 0 Å². The molecular formula is C13H16O2. The van der Waals surface area contributed by atoms with Gasteiger partial charge in [0.1, 0.15) is 5.75 Å². The third-order valence-electron chi connectivity index (χ3n) is 2.50. The van der Waals surface area contributed by atoms with E-state index in [9.17, 15) is 4.79 Å². The smallest absolute Gasteiger partial charge is 0.173 e. The molecule has 0 fully saturated rings. The Morgan fingerprint density at radius 2 is 2.00 bits per heavy atom. The van der Waals surface area contributed by atoms with Crippen LogP contribution in [-0.4, -0.2) is 12.9 Å². The first-order valence-electron chi connectivity index (χ1n) is 4.90. The minimum Gasteiger partial charge on any atom is -0.496 e. The number of para-hydroxylation sites is 1. The highest BCUT2D eigenvalue weighted by Crippen LogP contribution is 2.23. The van der Waals surface area contributed by atoms with Crippen molar-refractivity contribution >= 4 is 5.78 Å². The van der Waals surface area contributed by atoms with Crippen molar-refractivity contribution in [3.8, 4) is 5.75 Å². The van der Waals surface area contributed by atoms with Crippen molar-refractivity contribution in [3.63, 3.8) is 0 Å². The summed E-state index contributed by atoms with van der Waals surface area (Å²) >= 11 is 0.